The fraction of sp³-hybridized carbons (Fsp3) is 0.739. The number of unbranched alkanes of at least 4 members (excludes halogenated alkanes) is 1. The van der Waals surface area contributed by atoms with Crippen molar-refractivity contribution in [1.82, 2.24) is 0 Å². The molecule has 156 valence electrons. The van der Waals surface area contributed by atoms with Crippen LogP contribution in [0.1, 0.15) is 72.1 Å². The Labute approximate surface area is 178 Å². The highest BCUT2D eigenvalue weighted by atomic mass is 14.6. The Balaban J connectivity index is -0.000000354. The van der Waals surface area contributed by atoms with E-state index in [2.05, 4.69) is 40.5 Å². The molecular formula is C23H34N6. The van der Waals surface area contributed by atoms with Crippen molar-refractivity contribution in [3.63, 3.8) is 0 Å². The summed E-state index contributed by atoms with van der Waals surface area (Å²) < 4.78 is 0. The van der Waals surface area contributed by atoms with Crippen molar-refractivity contribution < 1.29 is 0 Å². The van der Waals surface area contributed by atoms with Crippen LogP contribution in [0.2, 0.25) is 0 Å². The molecule has 0 aromatic heterocycles. The van der Waals surface area contributed by atoms with Crippen molar-refractivity contribution in [2.45, 2.75) is 72.1 Å². The summed E-state index contributed by atoms with van der Waals surface area (Å²) in [6, 6.07) is 6.46. The van der Waals surface area contributed by atoms with E-state index in [1.165, 1.54) is 0 Å². The summed E-state index contributed by atoms with van der Waals surface area (Å²) in [5, 5.41) is 25.4. The fourth-order valence-corrected chi connectivity index (χ4v) is 2.16. The van der Waals surface area contributed by atoms with Gasteiger partial charge in [0.2, 0.25) is 19.6 Å². The van der Waals surface area contributed by atoms with Crippen molar-refractivity contribution in [1.29, 1.82) is 15.8 Å². The smallest absolute Gasteiger partial charge is 0.230 e. The van der Waals surface area contributed by atoms with Gasteiger partial charge in [-0.3, -0.25) is 0 Å². The summed E-state index contributed by atoms with van der Waals surface area (Å²) in [7, 11) is 0. The number of nitrogens with zero attached hydrogens (tertiary/aromatic N) is 6. The highest BCUT2D eigenvalue weighted by molar-refractivity contribution is 4.87. The minimum absolute atomic E-state index is 0.0486. The van der Waals surface area contributed by atoms with Crippen LogP contribution in [0.25, 0.3) is 14.5 Å². The van der Waals surface area contributed by atoms with E-state index in [0.717, 1.165) is 51.4 Å². The van der Waals surface area contributed by atoms with Crippen LogP contribution < -0.4 is 0 Å². The Morgan fingerprint density at radius 2 is 1.14 bits per heavy atom. The van der Waals surface area contributed by atoms with Crippen molar-refractivity contribution in [2.24, 2.45) is 17.8 Å². The molecule has 6 nitrogen and oxygen atoms in total. The molecule has 0 N–H and O–H groups in total. The lowest BCUT2D eigenvalue weighted by Crippen LogP contribution is -1.98. The normalized spacial score (nSPS) is 11.5. The molecular weight excluding hydrogens is 360 g/mol. The molecule has 0 bridgehead atoms. The summed E-state index contributed by atoms with van der Waals surface area (Å²) in [5.41, 5.74) is 0. The van der Waals surface area contributed by atoms with E-state index in [1.54, 1.807) is 0 Å². The van der Waals surface area contributed by atoms with E-state index in [4.69, 9.17) is 35.5 Å². The molecule has 0 aromatic rings. The molecule has 0 fully saturated rings. The first-order chi connectivity index (χ1) is 14.0. The predicted octanol–water partition coefficient (Wildman–Crippen LogP) is 6.32. The van der Waals surface area contributed by atoms with E-state index >= 15 is 0 Å². The SMILES string of the molecule is [C-]#[N+]CC(C#N)CC.[C-]#[N+]CCC(C#N)CCC.[C-]#[N+]CCC(C#N)CCCC. The standard InChI is InChI=1S/C9H14N2.C8H12N2.C6H8N2/c1-3-4-5-9(8-10)6-7-11-2;1-3-4-8(7-9)5-6-10-2;1-3-6(4-7)5-8-2/h9H,3-7H2,1H3;8H,3-6H2,1H3;6H,3,5H2,1H3. The van der Waals surface area contributed by atoms with Crippen LogP contribution in [0.3, 0.4) is 0 Å². The molecule has 29 heavy (non-hydrogen) atoms. The quantitative estimate of drug-likeness (QED) is 0.384. The second-order valence-corrected chi connectivity index (χ2v) is 6.50. The van der Waals surface area contributed by atoms with Crippen molar-refractivity contribution in [3.8, 4) is 18.2 Å². The van der Waals surface area contributed by atoms with Gasteiger partial charge in [0.05, 0.1) is 30.0 Å². The molecule has 0 radical (unpaired) electrons. The van der Waals surface area contributed by atoms with Gasteiger partial charge in [-0.15, -0.1) is 0 Å². The summed E-state index contributed by atoms with van der Waals surface area (Å²) in [5.74, 6) is 0.177. The highest BCUT2D eigenvalue weighted by Crippen LogP contribution is 2.11. The maximum absolute atomic E-state index is 8.63. The Morgan fingerprint density at radius 3 is 1.41 bits per heavy atom. The van der Waals surface area contributed by atoms with Gasteiger partial charge in [0.15, 0.2) is 0 Å². The van der Waals surface area contributed by atoms with Gasteiger partial charge in [0.1, 0.15) is 5.92 Å². The van der Waals surface area contributed by atoms with Crippen LogP contribution in [0.5, 0.6) is 0 Å². The zero-order chi connectivity index (χ0) is 22.8. The maximum Gasteiger partial charge on any atom is 0.230 e. The van der Waals surface area contributed by atoms with E-state index in [0.29, 0.717) is 19.6 Å². The zero-order valence-corrected chi connectivity index (χ0v) is 18.2. The molecule has 3 unspecified atom stereocenters. The van der Waals surface area contributed by atoms with Gasteiger partial charge in [0.25, 0.3) is 0 Å². The second kappa shape index (κ2) is 27.2. The molecule has 0 aromatic carbocycles. The van der Waals surface area contributed by atoms with Gasteiger partial charge < -0.3 is 14.5 Å². The Bertz CT molecular complexity index is 615. The predicted molar refractivity (Wildman–Crippen MR) is 116 cm³/mol. The van der Waals surface area contributed by atoms with Crippen LogP contribution in [-0.2, 0) is 0 Å². The lowest BCUT2D eigenvalue weighted by atomic mass is 10.0. The van der Waals surface area contributed by atoms with Gasteiger partial charge in [-0.1, -0.05) is 40.0 Å². The monoisotopic (exact) mass is 394 g/mol. The van der Waals surface area contributed by atoms with Crippen LogP contribution in [0.15, 0.2) is 0 Å². The number of rotatable bonds is 11. The number of hydrogen-bond donors (Lipinski definition) is 0. The first-order valence-electron chi connectivity index (χ1n) is 10.2. The van der Waals surface area contributed by atoms with Gasteiger partial charge in [-0.25, -0.2) is 19.7 Å². The summed E-state index contributed by atoms with van der Waals surface area (Å²) in [6.07, 6.45) is 7.46. The lowest BCUT2D eigenvalue weighted by molar-refractivity contribution is 0.545. The minimum atomic E-state index is -0.0486. The van der Waals surface area contributed by atoms with Gasteiger partial charge in [0, 0.05) is 12.8 Å². The molecule has 0 aliphatic heterocycles. The average molecular weight is 395 g/mol. The summed E-state index contributed by atoms with van der Waals surface area (Å²) >= 11 is 0. The van der Waals surface area contributed by atoms with E-state index in [9.17, 15) is 0 Å². The Morgan fingerprint density at radius 1 is 0.655 bits per heavy atom. The maximum atomic E-state index is 8.63. The Hall–Kier alpha value is -3.06. The average Bonchev–Trinajstić information content (AvgIpc) is 2.76. The molecule has 3 atom stereocenters. The third-order valence-corrected chi connectivity index (χ3v) is 4.07. The van der Waals surface area contributed by atoms with Gasteiger partial charge in [-0.05, 0) is 19.3 Å². The topological polar surface area (TPSA) is 84.4 Å². The summed E-state index contributed by atoms with van der Waals surface area (Å²) in [6.45, 7) is 26.9. The third kappa shape index (κ3) is 24.9. The molecule has 0 saturated heterocycles. The molecule has 6 heteroatoms. The van der Waals surface area contributed by atoms with Crippen molar-refractivity contribution >= 4 is 0 Å². The molecule has 0 saturated carbocycles. The lowest BCUT2D eigenvalue weighted by Gasteiger charge is -2.02. The molecule has 0 heterocycles. The largest absolute Gasteiger partial charge is 0.317 e. The second-order valence-electron chi connectivity index (χ2n) is 6.50. The first kappa shape index (κ1) is 30.7. The highest BCUT2D eigenvalue weighted by Gasteiger charge is 2.07. The zero-order valence-electron chi connectivity index (χ0n) is 18.2. The van der Waals surface area contributed by atoms with E-state index in [1.807, 2.05) is 13.0 Å². The van der Waals surface area contributed by atoms with Gasteiger partial charge in [-0.2, -0.15) is 15.8 Å². The van der Waals surface area contributed by atoms with Crippen LogP contribution in [0, 0.1) is 71.5 Å². The minimum Gasteiger partial charge on any atom is -0.317 e. The number of hydrogen-bond acceptors (Lipinski definition) is 3. The van der Waals surface area contributed by atoms with Crippen LogP contribution >= 0.6 is 0 Å². The van der Waals surface area contributed by atoms with Crippen LogP contribution in [0.4, 0.5) is 0 Å². The Kier molecular flexibility index (Phi) is 28.7. The summed E-state index contributed by atoms with van der Waals surface area (Å²) in [4.78, 5) is 9.54. The van der Waals surface area contributed by atoms with Crippen molar-refractivity contribution in [3.05, 3.63) is 34.3 Å². The van der Waals surface area contributed by atoms with Crippen molar-refractivity contribution in [2.75, 3.05) is 19.6 Å². The molecule has 0 amide bonds. The van der Waals surface area contributed by atoms with Gasteiger partial charge >= 0.3 is 0 Å². The molecule has 0 aliphatic rings. The fourth-order valence-electron chi connectivity index (χ4n) is 2.16. The molecule has 0 rings (SSSR count). The number of nitriles is 3. The molecule has 0 aliphatic carbocycles. The first-order valence-corrected chi connectivity index (χ1v) is 10.2. The third-order valence-electron chi connectivity index (χ3n) is 4.07. The van der Waals surface area contributed by atoms with E-state index < -0.39 is 0 Å². The molecule has 0 spiro atoms. The van der Waals surface area contributed by atoms with E-state index in [-0.39, 0.29) is 17.8 Å². The van der Waals surface area contributed by atoms with Crippen LogP contribution in [-0.4, -0.2) is 19.6 Å².